The van der Waals surface area contributed by atoms with Crippen LogP contribution in [0.3, 0.4) is 0 Å². The molecule has 2 aromatic carbocycles. The van der Waals surface area contributed by atoms with Crippen LogP contribution < -0.4 is 5.32 Å². The number of nitrogens with one attached hydrogen (secondary N) is 1. The summed E-state index contributed by atoms with van der Waals surface area (Å²) in [6.07, 6.45) is 1.60. The molecule has 3 aromatic rings. The van der Waals surface area contributed by atoms with Crippen LogP contribution in [0.2, 0.25) is 0 Å². The molecule has 0 saturated heterocycles. The first-order valence-electron chi connectivity index (χ1n) is 9.29. The van der Waals surface area contributed by atoms with E-state index < -0.39 is 0 Å². The van der Waals surface area contributed by atoms with E-state index in [0.717, 1.165) is 5.56 Å². The van der Waals surface area contributed by atoms with Gasteiger partial charge in [-0.05, 0) is 50.2 Å². The molecule has 0 spiro atoms. The third kappa shape index (κ3) is 4.65. The maximum absolute atomic E-state index is 12.3. The molecule has 0 saturated carbocycles. The number of carbonyl (C=O) groups is 2. The van der Waals surface area contributed by atoms with Gasteiger partial charge in [0.2, 0.25) is 11.8 Å². The van der Waals surface area contributed by atoms with E-state index in [-0.39, 0.29) is 18.2 Å². The summed E-state index contributed by atoms with van der Waals surface area (Å²) in [5, 5.41) is 2.82. The molecular weight excluding hydrogens is 354 g/mol. The van der Waals surface area contributed by atoms with E-state index in [9.17, 15) is 9.59 Å². The molecule has 1 aromatic heterocycles. The Kier molecular flexibility index (Phi) is 6.22. The van der Waals surface area contributed by atoms with Crippen molar-refractivity contribution in [1.29, 1.82) is 0 Å². The second-order valence-corrected chi connectivity index (χ2v) is 6.29. The maximum atomic E-state index is 12.3. The minimum Gasteiger partial charge on any atom is -0.444 e. The van der Waals surface area contributed by atoms with Crippen LogP contribution in [0.4, 0.5) is 5.69 Å². The van der Waals surface area contributed by atoms with Crippen molar-refractivity contribution in [2.45, 2.75) is 20.3 Å². The molecule has 0 aliphatic carbocycles. The lowest BCUT2D eigenvalue weighted by Gasteiger charge is -2.18. The molecular formula is C22H23N3O3. The summed E-state index contributed by atoms with van der Waals surface area (Å²) >= 11 is 0. The van der Waals surface area contributed by atoms with Crippen LogP contribution >= 0.6 is 0 Å². The minimum absolute atomic E-state index is 0.0149. The molecule has 1 heterocycles. The van der Waals surface area contributed by atoms with Gasteiger partial charge in [0.05, 0.1) is 12.1 Å². The minimum atomic E-state index is -0.198. The number of benzene rings is 2. The van der Waals surface area contributed by atoms with E-state index in [2.05, 4.69) is 10.3 Å². The largest absolute Gasteiger partial charge is 0.444 e. The number of rotatable bonds is 7. The summed E-state index contributed by atoms with van der Waals surface area (Å²) in [5.74, 6) is 0.275. The molecule has 0 aliphatic rings. The van der Waals surface area contributed by atoms with Crippen LogP contribution in [0, 0.1) is 0 Å². The molecule has 6 nitrogen and oxygen atoms in total. The molecule has 0 radical (unpaired) electrons. The first-order valence-corrected chi connectivity index (χ1v) is 9.29. The molecule has 3 rings (SSSR count). The van der Waals surface area contributed by atoms with Crippen LogP contribution in [-0.2, 0) is 11.2 Å². The van der Waals surface area contributed by atoms with Crippen molar-refractivity contribution in [3.63, 3.8) is 0 Å². The number of nitrogens with zero attached hydrogens (tertiary/aromatic N) is 2. The third-order valence-electron chi connectivity index (χ3n) is 4.38. The molecule has 0 unspecified atom stereocenters. The summed E-state index contributed by atoms with van der Waals surface area (Å²) in [6.45, 7) is 5.22. The second kappa shape index (κ2) is 8.99. The van der Waals surface area contributed by atoms with Crippen molar-refractivity contribution in [2.24, 2.45) is 0 Å². The van der Waals surface area contributed by atoms with E-state index in [4.69, 9.17) is 4.42 Å². The van der Waals surface area contributed by atoms with E-state index >= 15 is 0 Å². The number of hydrogen-bond donors (Lipinski definition) is 1. The van der Waals surface area contributed by atoms with Crippen LogP contribution in [-0.4, -0.2) is 34.8 Å². The van der Waals surface area contributed by atoms with Crippen LogP contribution in [0.1, 0.15) is 29.9 Å². The van der Waals surface area contributed by atoms with Gasteiger partial charge in [0, 0.05) is 29.9 Å². The smallest absolute Gasteiger partial charge is 0.253 e. The van der Waals surface area contributed by atoms with Gasteiger partial charge in [-0.3, -0.25) is 9.59 Å². The maximum Gasteiger partial charge on any atom is 0.253 e. The Balaban J connectivity index is 1.59. The average Bonchev–Trinajstić information content (AvgIpc) is 3.18. The Morgan fingerprint density at radius 3 is 2.32 bits per heavy atom. The standard InChI is InChI=1S/C22H23N3O3/c1-3-25(4-2)22(27)17-10-12-18(13-11-17)23-20(26)14-19-15-28-21(24-19)16-8-6-5-7-9-16/h5-13,15H,3-4,14H2,1-2H3,(H,23,26). The van der Waals surface area contributed by atoms with Crippen LogP contribution in [0.5, 0.6) is 0 Å². The van der Waals surface area contributed by atoms with Gasteiger partial charge in [-0.1, -0.05) is 18.2 Å². The molecule has 28 heavy (non-hydrogen) atoms. The summed E-state index contributed by atoms with van der Waals surface area (Å²) < 4.78 is 5.45. The summed E-state index contributed by atoms with van der Waals surface area (Å²) in [6, 6.07) is 16.4. The highest BCUT2D eigenvalue weighted by atomic mass is 16.3. The van der Waals surface area contributed by atoms with Crippen molar-refractivity contribution in [1.82, 2.24) is 9.88 Å². The average molecular weight is 377 g/mol. The Morgan fingerprint density at radius 2 is 1.68 bits per heavy atom. The Labute approximate surface area is 164 Å². The Hall–Kier alpha value is -3.41. The third-order valence-corrected chi connectivity index (χ3v) is 4.38. The zero-order valence-corrected chi connectivity index (χ0v) is 16.0. The van der Waals surface area contributed by atoms with Gasteiger partial charge >= 0.3 is 0 Å². The lowest BCUT2D eigenvalue weighted by molar-refractivity contribution is -0.115. The number of oxazole rings is 1. The van der Waals surface area contributed by atoms with Gasteiger partial charge in [-0.15, -0.1) is 0 Å². The van der Waals surface area contributed by atoms with Gasteiger partial charge in [-0.2, -0.15) is 0 Å². The molecule has 144 valence electrons. The molecule has 0 fully saturated rings. The number of carbonyl (C=O) groups excluding carboxylic acids is 2. The SMILES string of the molecule is CCN(CC)C(=O)c1ccc(NC(=O)Cc2coc(-c3ccccc3)n2)cc1. The molecule has 0 bridgehead atoms. The molecule has 0 atom stereocenters. The van der Waals surface area contributed by atoms with E-state index in [1.165, 1.54) is 6.26 Å². The Bertz CT molecular complexity index is 929. The summed E-state index contributed by atoms with van der Waals surface area (Å²) in [4.78, 5) is 30.7. The normalized spacial score (nSPS) is 10.5. The molecule has 0 aliphatic heterocycles. The number of aromatic nitrogens is 1. The van der Waals surface area contributed by atoms with Gasteiger partial charge < -0.3 is 14.6 Å². The van der Waals surface area contributed by atoms with Crippen molar-refractivity contribution < 1.29 is 14.0 Å². The second-order valence-electron chi connectivity index (χ2n) is 6.29. The predicted octanol–water partition coefficient (Wildman–Crippen LogP) is 4.00. The fourth-order valence-corrected chi connectivity index (χ4v) is 2.86. The fraction of sp³-hybridized carbons (Fsp3) is 0.227. The van der Waals surface area contributed by atoms with E-state index in [0.29, 0.717) is 35.9 Å². The summed E-state index contributed by atoms with van der Waals surface area (Å²) in [7, 11) is 0. The monoisotopic (exact) mass is 377 g/mol. The zero-order valence-electron chi connectivity index (χ0n) is 16.0. The van der Waals surface area contributed by atoms with Crippen LogP contribution in [0.25, 0.3) is 11.5 Å². The van der Waals surface area contributed by atoms with Gasteiger partial charge in [0.15, 0.2) is 0 Å². The summed E-state index contributed by atoms with van der Waals surface area (Å²) in [5.41, 5.74) is 2.66. The first kappa shape index (κ1) is 19.4. The van der Waals surface area contributed by atoms with Gasteiger partial charge in [0.1, 0.15) is 6.26 Å². The fourth-order valence-electron chi connectivity index (χ4n) is 2.86. The number of anilines is 1. The van der Waals surface area contributed by atoms with Gasteiger partial charge in [-0.25, -0.2) is 4.98 Å². The highest BCUT2D eigenvalue weighted by molar-refractivity contribution is 5.96. The van der Waals surface area contributed by atoms with E-state index in [1.54, 1.807) is 29.2 Å². The first-order chi connectivity index (χ1) is 13.6. The topological polar surface area (TPSA) is 75.4 Å². The zero-order chi connectivity index (χ0) is 19.9. The van der Waals surface area contributed by atoms with Crippen LogP contribution in [0.15, 0.2) is 65.3 Å². The highest BCUT2D eigenvalue weighted by Gasteiger charge is 2.13. The van der Waals surface area contributed by atoms with Crippen molar-refractivity contribution in [2.75, 3.05) is 18.4 Å². The molecule has 1 N–H and O–H groups in total. The van der Waals surface area contributed by atoms with Crippen molar-refractivity contribution in [3.05, 3.63) is 72.1 Å². The lowest BCUT2D eigenvalue weighted by atomic mass is 10.1. The van der Waals surface area contributed by atoms with Crippen molar-refractivity contribution in [3.8, 4) is 11.5 Å². The van der Waals surface area contributed by atoms with Gasteiger partial charge in [0.25, 0.3) is 5.91 Å². The van der Waals surface area contributed by atoms with E-state index in [1.807, 2.05) is 44.2 Å². The lowest BCUT2D eigenvalue weighted by Crippen LogP contribution is -2.30. The molecule has 2 amide bonds. The predicted molar refractivity (Wildman–Crippen MR) is 108 cm³/mol. The quantitative estimate of drug-likeness (QED) is 0.675. The highest BCUT2D eigenvalue weighted by Crippen LogP contribution is 2.18. The number of hydrogen-bond acceptors (Lipinski definition) is 4. The Morgan fingerprint density at radius 1 is 1.00 bits per heavy atom. The van der Waals surface area contributed by atoms with Crippen molar-refractivity contribution >= 4 is 17.5 Å². The number of amides is 2. The molecule has 6 heteroatoms.